The van der Waals surface area contributed by atoms with E-state index in [0.717, 1.165) is 68.9 Å². The predicted octanol–water partition coefficient (Wildman–Crippen LogP) is 3.17. The van der Waals surface area contributed by atoms with Crippen LogP contribution in [0.25, 0.3) is 0 Å². The maximum absolute atomic E-state index is 12.7. The minimum Gasteiger partial charge on any atom is -0.497 e. The van der Waals surface area contributed by atoms with Crippen molar-refractivity contribution >= 4 is 5.91 Å². The van der Waals surface area contributed by atoms with Crippen LogP contribution in [0.15, 0.2) is 48.8 Å². The average molecular weight is 410 g/mol. The van der Waals surface area contributed by atoms with Gasteiger partial charge in [-0.05, 0) is 55.5 Å². The fourth-order valence-electron chi connectivity index (χ4n) is 4.48. The number of aromatic nitrogens is 1. The van der Waals surface area contributed by atoms with Crippen LogP contribution in [0.4, 0.5) is 0 Å². The maximum atomic E-state index is 12.7. The van der Waals surface area contributed by atoms with E-state index in [9.17, 15) is 4.79 Å². The number of ether oxygens (including phenoxy) is 2. The van der Waals surface area contributed by atoms with Crippen molar-refractivity contribution in [2.75, 3.05) is 33.3 Å². The molecule has 6 nitrogen and oxygen atoms in total. The molecule has 2 aliphatic heterocycles. The summed E-state index contributed by atoms with van der Waals surface area (Å²) in [5, 5.41) is 0. The highest BCUT2D eigenvalue weighted by molar-refractivity contribution is 5.78. The molecular weight excluding hydrogens is 378 g/mol. The molecule has 0 spiro atoms. The molecule has 0 bridgehead atoms. The van der Waals surface area contributed by atoms with Crippen LogP contribution in [0.1, 0.15) is 31.2 Å². The van der Waals surface area contributed by atoms with Crippen LogP contribution in [-0.2, 0) is 11.2 Å². The zero-order chi connectivity index (χ0) is 20.8. The summed E-state index contributed by atoms with van der Waals surface area (Å²) in [6.07, 6.45) is 8.52. The first kappa shape index (κ1) is 20.7. The highest BCUT2D eigenvalue weighted by Gasteiger charge is 2.30. The third-order valence-electron chi connectivity index (χ3n) is 6.28. The van der Waals surface area contributed by atoms with Gasteiger partial charge in [0.15, 0.2) is 0 Å². The van der Waals surface area contributed by atoms with Crippen molar-refractivity contribution in [2.45, 2.75) is 44.2 Å². The van der Waals surface area contributed by atoms with E-state index in [4.69, 9.17) is 9.47 Å². The Kier molecular flexibility index (Phi) is 6.84. The van der Waals surface area contributed by atoms with Gasteiger partial charge in [-0.25, -0.2) is 0 Å². The van der Waals surface area contributed by atoms with E-state index in [1.165, 1.54) is 0 Å². The minimum atomic E-state index is 0.225. The van der Waals surface area contributed by atoms with Crippen LogP contribution in [0, 0.1) is 0 Å². The van der Waals surface area contributed by atoms with Gasteiger partial charge in [0.1, 0.15) is 17.6 Å². The fourth-order valence-corrected chi connectivity index (χ4v) is 4.48. The van der Waals surface area contributed by atoms with Crippen molar-refractivity contribution in [2.24, 2.45) is 0 Å². The Labute approximate surface area is 178 Å². The number of methoxy groups -OCH3 is 1. The van der Waals surface area contributed by atoms with E-state index in [1.807, 2.05) is 41.3 Å². The van der Waals surface area contributed by atoms with Crippen molar-refractivity contribution in [1.82, 2.24) is 14.8 Å². The highest BCUT2D eigenvalue weighted by atomic mass is 16.5. The number of hydrogen-bond acceptors (Lipinski definition) is 5. The van der Waals surface area contributed by atoms with E-state index in [-0.39, 0.29) is 12.0 Å². The van der Waals surface area contributed by atoms with Crippen LogP contribution in [0.3, 0.4) is 0 Å². The van der Waals surface area contributed by atoms with E-state index < -0.39 is 0 Å². The number of hydrogen-bond donors (Lipinski definition) is 0. The fraction of sp³-hybridized carbons (Fsp3) is 0.500. The van der Waals surface area contributed by atoms with Gasteiger partial charge in [0.25, 0.3) is 0 Å². The van der Waals surface area contributed by atoms with Crippen LogP contribution in [0.2, 0.25) is 0 Å². The predicted molar refractivity (Wildman–Crippen MR) is 116 cm³/mol. The molecule has 2 saturated heterocycles. The third-order valence-corrected chi connectivity index (χ3v) is 6.28. The highest BCUT2D eigenvalue weighted by Crippen LogP contribution is 2.24. The number of nitrogens with zero attached hydrogens (tertiary/aromatic N) is 3. The lowest BCUT2D eigenvalue weighted by Crippen LogP contribution is -2.50. The number of piperidine rings is 2. The van der Waals surface area contributed by atoms with Crippen molar-refractivity contribution in [3.63, 3.8) is 0 Å². The lowest BCUT2D eigenvalue weighted by molar-refractivity contribution is -0.132. The van der Waals surface area contributed by atoms with E-state index in [0.29, 0.717) is 12.5 Å². The number of amides is 1. The lowest BCUT2D eigenvalue weighted by Gasteiger charge is -2.41. The second-order valence-electron chi connectivity index (χ2n) is 8.17. The van der Waals surface area contributed by atoms with Gasteiger partial charge in [0.05, 0.1) is 13.5 Å². The summed E-state index contributed by atoms with van der Waals surface area (Å²) in [6.45, 7) is 3.85. The molecular formula is C24H31N3O3. The van der Waals surface area contributed by atoms with Gasteiger partial charge in [-0.1, -0.05) is 12.1 Å². The van der Waals surface area contributed by atoms with Gasteiger partial charge < -0.3 is 14.4 Å². The standard InChI is InChI=1S/C24H31N3O3/c1-29-21-4-2-19(3-5-21)18-24(28)27-14-8-20(9-15-27)26-16-10-23(11-17-26)30-22-6-12-25-13-7-22/h2-7,12-13,20,23H,8-11,14-18H2,1H3. The Morgan fingerprint density at radius 3 is 2.23 bits per heavy atom. The minimum absolute atomic E-state index is 0.225. The van der Waals surface area contributed by atoms with Crippen molar-refractivity contribution in [3.8, 4) is 11.5 Å². The quantitative estimate of drug-likeness (QED) is 0.734. The summed E-state index contributed by atoms with van der Waals surface area (Å²) in [7, 11) is 1.65. The summed E-state index contributed by atoms with van der Waals surface area (Å²) in [5.41, 5.74) is 1.04. The van der Waals surface area contributed by atoms with Crippen molar-refractivity contribution in [3.05, 3.63) is 54.4 Å². The SMILES string of the molecule is COc1ccc(CC(=O)N2CCC(N3CCC(Oc4ccncc4)CC3)CC2)cc1. The van der Waals surface area contributed by atoms with Crippen molar-refractivity contribution in [1.29, 1.82) is 0 Å². The zero-order valence-corrected chi connectivity index (χ0v) is 17.7. The molecule has 0 unspecified atom stereocenters. The first-order valence-electron chi connectivity index (χ1n) is 10.9. The number of carbonyl (C=O) groups is 1. The molecule has 1 amide bonds. The Bertz CT molecular complexity index is 796. The van der Waals surface area contributed by atoms with Crippen LogP contribution in [-0.4, -0.2) is 66.1 Å². The molecule has 0 radical (unpaired) electrons. The average Bonchev–Trinajstić information content (AvgIpc) is 2.81. The van der Waals surface area contributed by atoms with Crippen molar-refractivity contribution < 1.29 is 14.3 Å². The van der Waals surface area contributed by atoms with Gasteiger partial charge in [0, 0.05) is 44.6 Å². The second kappa shape index (κ2) is 9.94. The van der Waals surface area contributed by atoms with Crippen LogP contribution < -0.4 is 9.47 Å². The second-order valence-corrected chi connectivity index (χ2v) is 8.17. The number of carbonyl (C=O) groups excluding carboxylic acids is 1. The molecule has 1 aromatic carbocycles. The third kappa shape index (κ3) is 5.30. The number of benzene rings is 1. The normalized spacial score (nSPS) is 18.9. The summed E-state index contributed by atoms with van der Waals surface area (Å²) >= 11 is 0. The Balaban J connectivity index is 1.19. The van der Waals surface area contributed by atoms with Crippen LogP contribution in [0.5, 0.6) is 11.5 Å². The largest absolute Gasteiger partial charge is 0.497 e. The molecule has 2 fully saturated rings. The van der Waals surface area contributed by atoms with E-state index in [1.54, 1.807) is 19.5 Å². The van der Waals surface area contributed by atoms with E-state index >= 15 is 0 Å². The number of pyridine rings is 1. The molecule has 0 saturated carbocycles. The molecule has 30 heavy (non-hydrogen) atoms. The molecule has 0 N–H and O–H groups in total. The van der Waals surface area contributed by atoms with Gasteiger partial charge in [-0.15, -0.1) is 0 Å². The first-order chi connectivity index (χ1) is 14.7. The maximum Gasteiger partial charge on any atom is 0.226 e. The number of rotatable bonds is 6. The molecule has 1 aromatic heterocycles. The molecule has 0 aliphatic carbocycles. The van der Waals surface area contributed by atoms with Crippen LogP contribution >= 0.6 is 0 Å². The molecule has 160 valence electrons. The topological polar surface area (TPSA) is 54.9 Å². The Hall–Kier alpha value is -2.60. The van der Waals surface area contributed by atoms with E-state index in [2.05, 4.69) is 9.88 Å². The molecule has 2 aromatic rings. The zero-order valence-electron chi connectivity index (χ0n) is 17.7. The molecule has 0 atom stereocenters. The Morgan fingerprint density at radius 2 is 1.60 bits per heavy atom. The summed E-state index contributed by atoms with van der Waals surface area (Å²) in [4.78, 5) is 21.3. The summed E-state index contributed by atoms with van der Waals surface area (Å²) in [6, 6.07) is 12.2. The Morgan fingerprint density at radius 1 is 0.933 bits per heavy atom. The molecule has 6 heteroatoms. The summed E-state index contributed by atoms with van der Waals surface area (Å²) in [5.74, 6) is 1.96. The molecule has 4 rings (SSSR count). The van der Waals surface area contributed by atoms with Gasteiger partial charge in [0.2, 0.25) is 5.91 Å². The van der Waals surface area contributed by atoms with Gasteiger partial charge in [-0.2, -0.15) is 0 Å². The monoisotopic (exact) mass is 409 g/mol. The number of likely N-dealkylation sites (tertiary alicyclic amines) is 2. The summed E-state index contributed by atoms with van der Waals surface area (Å²) < 4.78 is 11.3. The molecule has 2 aliphatic rings. The first-order valence-corrected chi connectivity index (χ1v) is 10.9. The molecule has 3 heterocycles. The smallest absolute Gasteiger partial charge is 0.226 e. The van der Waals surface area contributed by atoms with Gasteiger partial charge >= 0.3 is 0 Å². The van der Waals surface area contributed by atoms with Gasteiger partial charge in [-0.3, -0.25) is 14.7 Å². The lowest BCUT2D eigenvalue weighted by atomic mass is 9.98.